The Hall–Kier alpha value is -1.26. The molecule has 0 aromatic heterocycles. The first-order valence-corrected chi connectivity index (χ1v) is 7.22. The van der Waals surface area contributed by atoms with Crippen LogP contribution in [-0.2, 0) is 0 Å². The molecule has 0 atom stereocenters. The molecule has 0 aliphatic heterocycles. The van der Waals surface area contributed by atoms with Crippen molar-refractivity contribution in [2.24, 2.45) is 5.10 Å². The highest BCUT2D eigenvalue weighted by molar-refractivity contribution is 6.42. The SMILES string of the molecule is O=C(N/N=C\c1ccc(Cl)c(Cl)c1)c1ccc(Cl)c(Cl)c1. The van der Waals surface area contributed by atoms with Crippen molar-refractivity contribution in [3.63, 3.8) is 0 Å². The fourth-order valence-corrected chi connectivity index (χ4v) is 2.06. The van der Waals surface area contributed by atoms with Gasteiger partial charge in [-0.1, -0.05) is 52.5 Å². The summed E-state index contributed by atoms with van der Waals surface area (Å²) in [5.41, 5.74) is 3.45. The molecule has 0 saturated carbocycles. The summed E-state index contributed by atoms with van der Waals surface area (Å²) in [6.45, 7) is 0. The summed E-state index contributed by atoms with van der Waals surface area (Å²) in [6, 6.07) is 9.57. The van der Waals surface area contributed by atoms with Gasteiger partial charge >= 0.3 is 0 Å². The van der Waals surface area contributed by atoms with E-state index < -0.39 is 5.91 Å². The van der Waals surface area contributed by atoms with Gasteiger partial charge in [0.1, 0.15) is 0 Å². The van der Waals surface area contributed by atoms with Crippen molar-refractivity contribution in [1.29, 1.82) is 0 Å². The summed E-state index contributed by atoms with van der Waals surface area (Å²) in [6.07, 6.45) is 1.46. The highest BCUT2D eigenvalue weighted by Crippen LogP contribution is 2.23. The average molecular weight is 362 g/mol. The third-order valence-corrected chi connectivity index (χ3v) is 3.98. The van der Waals surface area contributed by atoms with Crippen molar-refractivity contribution in [2.75, 3.05) is 0 Å². The standard InChI is InChI=1S/C14H8Cl4N2O/c15-10-3-1-8(5-12(10)17)7-19-20-14(21)9-2-4-11(16)13(18)6-9/h1-7H,(H,20,21)/b19-7-. The molecule has 0 heterocycles. The third-order valence-electron chi connectivity index (χ3n) is 2.51. The van der Waals surface area contributed by atoms with E-state index in [1.807, 2.05) is 0 Å². The minimum absolute atomic E-state index is 0.303. The maximum atomic E-state index is 11.8. The van der Waals surface area contributed by atoms with Gasteiger partial charge in [-0.3, -0.25) is 4.79 Å². The molecule has 0 bridgehead atoms. The Morgan fingerprint density at radius 2 is 1.52 bits per heavy atom. The van der Waals surface area contributed by atoms with E-state index in [1.54, 1.807) is 30.3 Å². The van der Waals surface area contributed by atoms with Gasteiger partial charge in [-0.15, -0.1) is 0 Å². The first-order chi connectivity index (χ1) is 9.97. The van der Waals surface area contributed by atoms with Crippen molar-refractivity contribution >= 4 is 58.5 Å². The molecule has 1 N–H and O–H groups in total. The van der Waals surface area contributed by atoms with Crippen molar-refractivity contribution in [2.45, 2.75) is 0 Å². The molecule has 108 valence electrons. The lowest BCUT2D eigenvalue weighted by Crippen LogP contribution is -2.17. The van der Waals surface area contributed by atoms with Crippen LogP contribution in [-0.4, -0.2) is 12.1 Å². The van der Waals surface area contributed by atoms with Crippen LogP contribution in [0.2, 0.25) is 20.1 Å². The molecule has 1 amide bonds. The van der Waals surface area contributed by atoms with Gasteiger partial charge < -0.3 is 0 Å². The van der Waals surface area contributed by atoms with E-state index in [4.69, 9.17) is 46.4 Å². The van der Waals surface area contributed by atoms with E-state index in [-0.39, 0.29) is 0 Å². The molecule has 2 aromatic carbocycles. The lowest BCUT2D eigenvalue weighted by Gasteiger charge is -2.02. The van der Waals surface area contributed by atoms with Crippen LogP contribution in [0.5, 0.6) is 0 Å². The van der Waals surface area contributed by atoms with Gasteiger partial charge in [0.25, 0.3) is 5.91 Å². The van der Waals surface area contributed by atoms with E-state index in [2.05, 4.69) is 10.5 Å². The summed E-state index contributed by atoms with van der Waals surface area (Å²) < 4.78 is 0. The predicted molar refractivity (Wildman–Crippen MR) is 88.0 cm³/mol. The quantitative estimate of drug-likeness (QED) is 0.602. The number of hydrogen-bond donors (Lipinski definition) is 1. The molecule has 7 heteroatoms. The molecule has 3 nitrogen and oxygen atoms in total. The zero-order chi connectivity index (χ0) is 15.4. The fourth-order valence-electron chi connectivity index (χ4n) is 1.46. The van der Waals surface area contributed by atoms with Crippen molar-refractivity contribution in [3.05, 3.63) is 67.6 Å². The lowest BCUT2D eigenvalue weighted by atomic mass is 10.2. The molecular weight excluding hydrogens is 354 g/mol. The Morgan fingerprint density at radius 3 is 2.14 bits per heavy atom. The van der Waals surface area contributed by atoms with Crippen LogP contribution >= 0.6 is 46.4 Å². The summed E-state index contributed by atoms with van der Waals surface area (Å²) in [7, 11) is 0. The number of benzene rings is 2. The number of hydrazone groups is 1. The van der Waals surface area contributed by atoms with Gasteiger partial charge in [0, 0.05) is 5.56 Å². The number of nitrogens with one attached hydrogen (secondary N) is 1. The third kappa shape index (κ3) is 4.35. The van der Waals surface area contributed by atoms with Crippen LogP contribution in [0, 0.1) is 0 Å². The zero-order valence-electron chi connectivity index (χ0n) is 10.4. The number of carbonyl (C=O) groups excluding carboxylic acids is 1. The molecule has 0 aliphatic rings. The Morgan fingerprint density at radius 1 is 0.905 bits per heavy atom. The van der Waals surface area contributed by atoms with Crippen LogP contribution in [0.3, 0.4) is 0 Å². The average Bonchev–Trinajstić information content (AvgIpc) is 2.45. The molecule has 21 heavy (non-hydrogen) atoms. The van der Waals surface area contributed by atoms with Gasteiger partial charge in [-0.25, -0.2) is 5.43 Å². The largest absolute Gasteiger partial charge is 0.271 e. The van der Waals surface area contributed by atoms with Gasteiger partial charge in [0.15, 0.2) is 0 Å². The number of rotatable bonds is 3. The van der Waals surface area contributed by atoms with E-state index >= 15 is 0 Å². The maximum Gasteiger partial charge on any atom is 0.271 e. The molecule has 0 fully saturated rings. The lowest BCUT2D eigenvalue weighted by molar-refractivity contribution is 0.0955. The second kappa shape index (κ2) is 7.14. The van der Waals surface area contributed by atoms with E-state index in [0.29, 0.717) is 31.2 Å². The minimum atomic E-state index is -0.398. The van der Waals surface area contributed by atoms with Crippen LogP contribution < -0.4 is 5.43 Å². The smallest absolute Gasteiger partial charge is 0.267 e. The van der Waals surface area contributed by atoms with Crippen LogP contribution in [0.25, 0.3) is 0 Å². The molecule has 0 spiro atoms. The van der Waals surface area contributed by atoms with E-state index in [9.17, 15) is 4.79 Å². The van der Waals surface area contributed by atoms with Gasteiger partial charge in [-0.2, -0.15) is 5.10 Å². The summed E-state index contributed by atoms with van der Waals surface area (Å²) in [5.74, 6) is -0.398. The van der Waals surface area contributed by atoms with Crippen LogP contribution in [0.15, 0.2) is 41.5 Å². The molecular formula is C14H8Cl4N2O. The Bertz CT molecular complexity index is 716. The molecule has 2 aromatic rings. The normalized spacial score (nSPS) is 10.9. The van der Waals surface area contributed by atoms with Crippen molar-refractivity contribution < 1.29 is 4.79 Å². The van der Waals surface area contributed by atoms with Crippen LogP contribution in [0.4, 0.5) is 0 Å². The van der Waals surface area contributed by atoms with Gasteiger partial charge in [0.2, 0.25) is 0 Å². The number of amides is 1. The monoisotopic (exact) mass is 360 g/mol. The number of carbonyl (C=O) groups is 1. The number of nitrogens with zero attached hydrogens (tertiary/aromatic N) is 1. The maximum absolute atomic E-state index is 11.8. The fraction of sp³-hybridized carbons (Fsp3) is 0. The Labute approximate surface area is 141 Å². The zero-order valence-corrected chi connectivity index (χ0v) is 13.4. The minimum Gasteiger partial charge on any atom is -0.267 e. The predicted octanol–water partition coefficient (Wildman–Crippen LogP) is 5.06. The second-order valence-corrected chi connectivity index (χ2v) is 5.63. The van der Waals surface area contributed by atoms with Crippen molar-refractivity contribution in [1.82, 2.24) is 5.43 Å². The molecule has 0 saturated heterocycles. The summed E-state index contributed by atoms with van der Waals surface area (Å²) in [5, 5.41) is 5.39. The first-order valence-electron chi connectivity index (χ1n) is 5.71. The Kier molecular flexibility index (Phi) is 5.48. The topological polar surface area (TPSA) is 41.5 Å². The highest BCUT2D eigenvalue weighted by atomic mass is 35.5. The molecule has 0 radical (unpaired) electrons. The Balaban J connectivity index is 2.04. The highest BCUT2D eigenvalue weighted by Gasteiger charge is 2.06. The molecule has 0 aliphatic carbocycles. The van der Waals surface area contributed by atoms with E-state index in [0.717, 1.165) is 0 Å². The van der Waals surface area contributed by atoms with Gasteiger partial charge in [0.05, 0.1) is 26.3 Å². The van der Waals surface area contributed by atoms with E-state index in [1.165, 1.54) is 12.3 Å². The second-order valence-electron chi connectivity index (χ2n) is 4.00. The molecule has 2 rings (SSSR count). The molecule has 0 unspecified atom stereocenters. The van der Waals surface area contributed by atoms with Crippen LogP contribution in [0.1, 0.15) is 15.9 Å². The number of hydrogen-bond acceptors (Lipinski definition) is 2. The summed E-state index contributed by atoms with van der Waals surface area (Å²) in [4.78, 5) is 11.8. The van der Waals surface area contributed by atoms with Gasteiger partial charge in [-0.05, 0) is 35.9 Å². The van der Waals surface area contributed by atoms with Crippen molar-refractivity contribution in [3.8, 4) is 0 Å². The summed E-state index contributed by atoms with van der Waals surface area (Å²) >= 11 is 23.3. The first kappa shape index (κ1) is 16.1. The number of halogens is 4.